The lowest BCUT2D eigenvalue weighted by atomic mass is 10.1. The number of fused-ring (bicyclic) bond motifs is 1. The molecule has 1 heterocycles. The van der Waals surface area contributed by atoms with Gasteiger partial charge < -0.3 is 13.9 Å². The summed E-state index contributed by atoms with van der Waals surface area (Å²) >= 11 is 3.38. The van der Waals surface area contributed by atoms with Gasteiger partial charge in [0.25, 0.3) is 0 Å². The molecule has 0 radical (unpaired) electrons. The van der Waals surface area contributed by atoms with Gasteiger partial charge in [-0.2, -0.15) is 0 Å². The topological polar surface area (TPSA) is 65.7 Å². The molecule has 0 bridgehead atoms. The molecule has 4 rings (SSSR count). The normalized spacial score (nSPS) is 10.7. The second-order valence-electron chi connectivity index (χ2n) is 6.26. The van der Waals surface area contributed by atoms with Crippen LogP contribution < -0.4 is 14.9 Å². The first kappa shape index (κ1) is 19.0. The molecule has 144 valence electrons. The zero-order valence-corrected chi connectivity index (χ0v) is 16.9. The molecule has 6 heteroatoms. The Morgan fingerprint density at radius 1 is 0.931 bits per heavy atom. The van der Waals surface area contributed by atoms with Gasteiger partial charge in [-0.25, -0.2) is 4.79 Å². The molecule has 0 spiro atoms. The molecule has 0 saturated carbocycles. The van der Waals surface area contributed by atoms with Crippen molar-refractivity contribution in [2.45, 2.75) is 0 Å². The molecule has 1 aromatic heterocycles. The molecule has 0 saturated heterocycles. The molecule has 0 unspecified atom stereocenters. The van der Waals surface area contributed by atoms with Crippen LogP contribution in [0.25, 0.3) is 22.1 Å². The van der Waals surface area contributed by atoms with E-state index >= 15 is 0 Å². The van der Waals surface area contributed by atoms with Crippen molar-refractivity contribution in [3.05, 3.63) is 93.3 Å². The van der Waals surface area contributed by atoms with Crippen LogP contribution in [0.15, 0.2) is 86.7 Å². The van der Waals surface area contributed by atoms with E-state index in [4.69, 9.17) is 13.9 Å². The van der Waals surface area contributed by atoms with E-state index in [2.05, 4.69) is 15.9 Å². The zero-order chi connectivity index (χ0) is 20.4. The second-order valence-corrected chi connectivity index (χ2v) is 7.18. The lowest BCUT2D eigenvalue weighted by Gasteiger charge is -2.07. The minimum absolute atomic E-state index is 0.151. The number of hydrogen-bond acceptors (Lipinski definition) is 5. The molecular weight excluding hydrogens is 436 g/mol. The van der Waals surface area contributed by atoms with Crippen LogP contribution in [0.3, 0.4) is 0 Å². The standard InChI is InChI=1S/C23H15BrO5/c1-27-17-8-4-15(5-9-17)23(26)29-18-10-11-19-21(12-18)28-13-20(22(19)25)14-2-6-16(24)7-3-14/h2-13H,1H3. The van der Waals surface area contributed by atoms with Crippen molar-refractivity contribution < 1.29 is 18.7 Å². The summed E-state index contributed by atoms with van der Waals surface area (Å²) in [5.74, 6) is 0.425. The van der Waals surface area contributed by atoms with Crippen LogP contribution in [-0.4, -0.2) is 13.1 Å². The molecule has 0 amide bonds. The molecule has 0 fully saturated rings. The molecule has 0 aliphatic heterocycles. The monoisotopic (exact) mass is 450 g/mol. The van der Waals surface area contributed by atoms with Gasteiger partial charge in [-0.1, -0.05) is 28.1 Å². The van der Waals surface area contributed by atoms with Crippen LogP contribution in [0.1, 0.15) is 10.4 Å². The van der Waals surface area contributed by atoms with Gasteiger partial charge in [-0.3, -0.25) is 4.79 Å². The Balaban J connectivity index is 1.62. The summed E-state index contributed by atoms with van der Waals surface area (Å²) < 4.78 is 17.1. The summed E-state index contributed by atoms with van der Waals surface area (Å²) in [6.07, 6.45) is 1.42. The van der Waals surface area contributed by atoms with E-state index in [0.717, 1.165) is 10.0 Å². The van der Waals surface area contributed by atoms with Crippen molar-refractivity contribution in [2.75, 3.05) is 7.11 Å². The molecule has 4 aromatic rings. The van der Waals surface area contributed by atoms with Gasteiger partial charge in [-0.15, -0.1) is 0 Å². The summed E-state index contributed by atoms with van der Waals surface area (Å²) in [4.78, 5) is 25.2. The molecule has 29 heavy (non-hydrogen) atoms. The fourth-order valence-electron chi connectivity index (χ4n) is 2.89. The number of rotatable bonds is 4. The third kappa shape index (κ3) is 3.93. The van der Waals surface area contributed by atoms with E-state index in [1.54, 1.807) is 43.5 Å². The number of carbonyl (C=O) groups is 1. The highest BCUT2D eigenvalue weighted by Gasteiger charge is 2.13. The van der Waals surface area contributed by atoms with E-state index in [0.29, 0.717) is 27.8 Å². The highest BCUT2D eigenvalue weighted by Crippen LogP contribution is 2.25. The van der Waals surface area contributed by atoms with Gasteiger partial charge in [-0.05, 0) is 54.1 Å². The summed E-state index contributed by atoms with van der Waals surface area (Å²) in [5.41, 5.74) is 1.81. The summed E-state index contributed by atoms with van der Waals surface area (Å²) in [6, 6.07) is 18.7. The SMILES string of the molecule is COc1ccc(C(=O)Oc2ccc3c(=O)c(-c4ccc(Br)cc4)coc3c2)cc1. The lowest BCUT2D eigenvalue weighted by Crippen LogP contribution is -2.09. The minimum atomic E-state index is -0.513. The Bertz CT molecular complexity index is 1240. The van der Waals surface area contributed by atoms with E-state index in [1.807, 2.05) is 24.3 Å². The smallest absolute Gasteiger partial charge is 0.343 e. The average Bonchev–Trinajstić information content (AvgIpc) is 2.75. The maximum absolute atomic E-state index is 12.8. The number of hydrogen-bond donors (Lipinski definition) is 0. The van der Waals surface area contributed by atoms with Gasteiger partial charge in [0.15, 0.2) is 5.43 Å². The van der Waals surface area contributed by atoms with Crippen LogP contribution in [0.2, 0.25) is 0 Å². The Kier molecular flexibility index (Phi) is 5.18. The molecule has 0 aliphatic rings. The predicted octanol–water partition coefficient (Wildman–Crippen LogP) is 5.45. The van der Waals surface area contributed by atoms with Crippen LogP contribution >= 0.6 is 15.9 Å². The second kappa shape index (κ2) is 7.93. The van der Waals surface area contributed by atoms with Gasteiger partial charge in [0.05, 0.1) is 23.6 Å². The Labute approximate surface area is 174 Å². The molecule has 3 aromatic carbocycles. The van der Waals surface area contributed by atoms with Crippen LogP contribution in [0.5, 0.6) is 11.5 Å². The largest absolute Gasteiger partial charge is 0.497 e. The first-order chi connectivity index (χ1) is 14.0. The van der Waals surface area contributed by atoms with Crippen LogP contribution in [0, 0.1) is 0 Å². The van der Waals surface area contributed by atoms with Crippen molar-refractivity contribution >= 4 is 32.9 Å². The third-order valence-corrected chi connectivity index (χ3v) is 4.97. The lowest BCUT2D eigenvalue weighted by molar-refractivity contribution is 0.0735. The Morgan fingerprint density at radius 3 is 2.31 bits per heavy atom. The first-order valence-electron chi connectivity index (χ1n) is 8.73. The predicted molar refractivity (Wildman–Crippen MR) is 114 cm³/mol. The van der Waals surface area contributed by atoms with Crippen molar-refractivity contribution in [3.8, 4) is 22.6 Å². The van der Waals surface area contributed by atoms with Crippen molar-refractivity contribution in [3.63, 3.8) is 0 Å². The number of ether oxygens (including phenoxy) is 2. The molecule has 0 aliphatic carbocycles. The molecular formula is C23H15BrO5. The number of methoxy groups -OCH3 is 1. The quantitative estimate of drug-likeness (QED) is 0.305. The van der Waals surface area contributed by atoms with Crippen LogP contribution in [-0.2, 0) is 0 Å². The number of halogens is 1. The van der Waals surface area contributed by atoms with Gasteiger partial charge in [0.1, 0.15) is 23.3 Å². The fraction of sp³-hybridized carbons (Fsp3) is 0.0435. The molecule has 0 N–H and O–H groups in total. The molecule has 5 nitrogen and oxygen atoms in total. The summed E-state index contributed by atoms with van der Waals surface area (Å²) in [5, 5.41) is 0.412. The van der Waals surface area contributed by atoms with Crippen molar-refractivity contribution in [2.24, 2.45) is 0 Å². The average molecular weight is 451 g/mol. The Hall–Kier alpha value is -3.38. The highest BCUT2D eigenvalue weighted by molar-refractivity contribution is 9.10. The summed E-state index contributed by atoms with van der Waals surface area (Å²) in [6.45, 7) is 0. The Morgan fingerprint density at radius 2 is 1.62 bits per heavy atom. The van der Waals surface area contributed by atoms with Gasteiger partial charge in [0.2, 0.25) is 0 Å². The molecule has 0 atom stereocenters. The number of esters is 1. The zero-order valence-electron chi connectivity index (χ0n) is 15.3. The number of carbonyl (C=O) groups excluding carboxylic acids is 1. The maximum Gasteiger partial charge on any atom is 0.343 e. The van der Waals surface area contributed by atoms with Crippen molar-refractivity contribution in [1.82, 2.24) is 0 Å². The van der Waals surface area contributed by atoms with Gasteiger partial charge >= 0.3 is 5.97 Å². The maximum atomic E-state index is 12.8. The number of benzene rings is 3. The van der Waals surface area contributed by atoms with Crippen molar-refractivity contribution in [1.29, 1.82) is 0 Å². The van der Waals surface area contributed by atoms with E-state index in [-0.39, 0.29) is 11.2 Å². The highest BCUT2D eigenvalue weighted by atomic mass is 79.9. The minimum Gasteiger partial charge on any atom is -0.497 e. The fourth-order valence-corrected chi connectivity index (χ4v) is 3.16. The first-order valence-corrected chi connectivity index (χ1v) is 9.52. The van der Waals surface area contributed by atoms with E-state index in [9.17, 15) is 9.59 Å². The third-order valence-electron chi connectivity index (χ3n) is 4.44. The van der Waals surface area contributed by atoms with Crippen LogP contribution in [0.4, 0.5) is 0 Å². The van der Waals surface area contributed by atoms with E-state index in [1.165, 1.54) is 12.3 Å². The van der Waals surface area contributed by atoms with E-state index < -0.39 is 5.97 Å². The van der Waals surface area contributed by atoms with Gasteiger partial charge in [0, 0.05) is 10.5 Å². The summed E-state index contributed by atoms with van der Waals surface area (Å²) in [7, 11) is 1.55.